The Kier molecular flexibility index (Phi) is 13.8. The van der Waals surface area contributed by atoms with E-state index in [1.165, 1.54) is 103 Å². The molecule has 1 aromatic rings. The van der Waals surface area contributed by atoms with Crippen LogP contribution in [0.1, 0.15) is 123 Å². The van der Waals surface area contributed by atoms with Gasteiger partial charge in [-0.15, -0.1) is 0 Å². The molecular weight excluding hydrogens is 294 g/mol. The van der Waals surface area contributed by atoms with Gasteiger partial charge in [-0.3, -0.25) is 4.68 Å². The minimum atomic E-state index is 0.495. The summed E-state index contributed by atoms with van der Waals surface area (Å²) in [4.78, 5) is 4.02. The van der Waals surface area contributed by atoms with Crippen LogP contribution in [0.5, 0.6) is 0 Å². The van der Waals surface area contributed by atoms with Crippen LogP contribution in [0, 0.1) is 0 Å². The molecule has 0 saturated carbocycles. The van der Waals surface area contributed by atoms with Crippen LogP contribution >= 0.6 is 0 Å². The van der Waals surface area contributed by atoms with E-state index in [1.807, 2.05) is 11.0 Å². The fourth-order valence-corrected chi connectivity index (χ4v) is 3.39. The molecule has 140 valence electrons. The molecular formula is C21H41N3. The summed E-state index contributed by atoms with van der Waals surface area (Å²) in [7, 11) is 0. The predicted molar refractivity (Wildman–Crippen MR) is 104 cm³/mol. The van der Waals surface area contributed by atoms with Crippen LogP contribution in [-0.2, 0) is 0 Å². The van der Waals surface area contributed by atoms with Crippen molar-refractivity contribution in [3.63, 3.8) is 0 Å². The molecule has 0 bridgehead atoms. The third-order valence-electron chi connectivity index (χ3n) is 5.11. The van der Waals surface area contributed by atoms with Crippen molar-refractivity contribution in [2.75, 3.05) is 0 Å². The molecule has 0 saturated heterocycles. The highest BCUT2D eigenvalue weighted by Gasteiger charge is 2.04. The average molecular weight is 336 g/mol. The smallest absolute Gasteiger partial charge is 0.137 e. The van der Waals surface area contributed by atoms with Gasteiger partial charge in [-0.25, -0.2) is 4.98 Å². The zero-order valence-corrected chi connectivity index (χ0v) is 16.4. The Hall–Kier alpha value is -0.860. The lowest BCUT2D eigenvalue weighted by atomic mass is 10.0. The number of unbranched alkanes of at least 4 members (excludes halogenated alkanes) is 14. The lowest BCUT2D eigenvalue weighted by Crippen LogP contribution is -2.05. The highest BCUT2D eigenvalue weighted by atomic mass is 15.3. The summed E-state index contributed by atoms with van der Waals surface area (Å²) >= 11 is 0. The Bertz CT molecular complexity index is 348. The van der Waals surface area contributed by atoms with Crippen LogP contribution in [0.25, 0.3) is 0 Å². The molecule has 0 aromatic carbocycles. The van der Waals surface area contributed by atoms with Crippen molar-refractivity contribution >= 4 is 0 Å². The van der Waals surface area contributed by atoms with Crippen molar-refractivity contribution in [3.8, 4) is 0 Å². The van der Waals surface area contributed by atoms with Crippen LogP contribution in [0.3, 0.4) is 0 Å². The summed E-state index contributed by atoms with van der Waals surface area (Å²) in [6.45, 7) is 4.53. The highest BCUT2D eigenvalue weighted by Crippen LogP contribution is 2.16. The fraction of sp³-hybridized carbons (Fsp3) is 0.905. The first-order valence-corrected chi connectivity index (χ1v) is 10.7. The van der Waals surface area contributed by atoms with Gasteiger partial charge in [0.2, 0.25) is 0 Å². The van der Waals surface area contributed by atoms with Crippen LogP contribution in [0.4, 0.5) is 0 Å². The SMILES string of the molecule is CCCCCCCCCCCCCCCCCC(C)n1cncn1. The normalized spacial score (nSPS) is 12.6. The molecule has 0 fully saturated rings. The molecule has 24 heavy (non-hydrogen) atoms. The van der Waals surface area contributed by atoms with Crippen molar-refractivity contribution in [1.82, 2.24) is 14.8 Å². The lowest BCUT2D eigenvalue weighted by Gasteiger charge is -2.10. The number of hydrogen-bond acceptors (Lipinski definition) is 2. The molecule has 1 unspecified atom stereocenters. The van der Waals surface area contributed by atoms with Gasteiger partial charge in [0.15, 0.2) is 0 Å². The van der Waals surface area contributed by atoms with E-state index in [0.717, 1.165) is 0 Å². The first-order valence-electron chi connectivity index (χ1n) is 10.7. The second kappa shape index (κ2) is 15.7. The largest absolute Gasteiger partial charge is 0.250 e. The van der Waals surface area contributed by atoms with E-state index >= 15 is 0 Å². The van der Waals surface area contributed by atoms with Crippen LogP contribution in [0.2, 0.25) is 0 Å². The Labute approximate surface area is 150 Å². The second-order valence-electron chi connectivity index (χ2n) is 7.46. The molecule has 0 aliphatic carbocycles. The number of nitrogens with zero attached hydrogens (tertiary/aromatic N) is 3. The Morgan fingerprint density at radius 1 is 0.708 bits per heavy atom. The maximum Gasteiger partial charge on any atom is 0.137 e. The minimum Gasteiger partial charge on any atom is -0.250 e. The third-order valence-corrected chi connectivity index (χ3v) is 5.11. The van der Waals surface area contributed by atoms with Gasteiger partial charge in [0, 0.05) is 0 Å². The standard InChI is InChI=1S/C21H41N3/c1-3-4-5-6-7-8-9-10-11-12-13-14-15-16-17-18-21(2)24-20-22-19-23-24/h19-21H,3-18H2,1-2H3. The van der Waals surface area contributed by atoms with Gasteiger partial charge in [-0.2, -0.15) is 5.10 Å². The van der Waals surface area contributed by atoms with Crippen LogP contribution in [0.15, 0.2) is 12.7 Å². The zero-order valence-electron chi connectivity index (χ0n) is 16.4. The van der Waals surface area contributed by atoms with E-state index in [2.05, 4.69) is 23.9 Å². The first kappa shape index (κ1) is 21.2. The van der Waals surface area contributed by atoms with Crippen molar-refractivity contribution < 1.29 is 0 Å². The second-order valence-corrected chi connectivity index (χ2v) is 7.46. The summed E-state index contributed by atoms with van der Waals surface area (Å²) in [6, 6.07) is 0.495. The maximum atomic E-state index is 4.21. The molecule has 1 rings (SSSR count). The topological polar surface area (TPSA) is 30.7 Å². The third kappa shape index (κ3) is 11.6. The number of rotatable bonds is 17. The fourth-order valence-electron chi connectivity index (χ4n) is 3.39. The predicted octanol–water partition coefficient (Wildman–Crippen LogP) is 7.10. The number of aromatic nitrogens is 3. The summed E-state index contributed by atoms with van der Waals surface area (Å²) in [6.07, 6.45) is 26.1. The first-order chi connectivity index (χ1) is 11.8. The molecule has 0 aliphatic heterocycles. The van der Waals surface area contributed by atoms with Gasteiger partial charge in [0.1, 0.15) is 12.7 Å². The van der Waals surface area contributed by atoms with E-state index < -0.39 is 0 Å². The minimum absolute atomic E-state index is 0.495. The quantitative estimate of drug-likeness (QED) is 0.284. The van der Waals surface area contributed by atoms with Crippen molar-refractivity contribution in [3.05, 3.63) is 12.7 Å². The van der Waals surface area contributed by atoms with Gasteiger partial charge < -0.3 is 0 Å². The van der Waals surface area contributed by atoms with E-state index in [9.17, 15) is 0 Å². The number of hydrogen-bond donors (Lipinski definition) is 0. The Balaban J connectivity index is 1.73. The molecule has 1 aromatic heterocycles. The zero-order chi connectivity index (χ0) is 17.3. The molecule has 3 nitrogen and oxygen atoms in total. The van der Waals surface area contributed by atoms with Crippen LogP contribution < -0.4 is 0 Å². The Morgan fingerprint density at radius 3 is 1.58 bits per heavy atom. The average Bonchev–Trinajstić information content (AvgIpc) is 3.13. The van der Waals surface area contributed by atoms with Crippen molar-refractivity contribution in [1.29, 1.82) is 0 Å². The summed E-state index contributed by atoms with van der Waals surface area (Å²) in [5.41, 5.74) is 0. The van der Waals surface area contributed by atoms with E-state index in [1.54, 1.807) is 6.33 Å². The summed E-state index contributed by atoms with van der Waals surface area (Å²) in [5.74, 6) is 0. The molecule has 0 amide bonds. The van der Waals surface area contributed by atoms with Gasteiger partial charge in [-0.05, 0) is 13.3 Å². The summed E-state index contributed by atoms with van der Waals surface area (Å²) in [5, 5.41) is 4.21. The summed E-state index contributed by atoms with van der Waals surface area (Å²) < 4.78 is 1.98. The van der Waals surface area contributed by atoms with Crippen LogP contribution in [-0.4, -0.2) is 14.8 Å². The van der Waals surface area contributed by atoms with E-state index in [4.69, 9.17) is 0 Å². The van der Waals surface area contributed by atoms with E-state index in [0.29, 0.717) is 6.04 Å². The molecule has 0 radical (unpaired) electrons. The Morgan fingerprint density at radius 2 is 1.17 bits per heavy atom. The van der Waals surface area contributed by atoms with Crippen molar-refractivity contribution in [2.24, 2.45) is 0 Å². The van der Waals surface area contributed by atoms with Gasteiger partial charge in [0.05, 0.1) is 6.04 Å². The monoisotopic (exact) mass is 335 g/mol. The van der Waals surface area contributed by atoms with Crippen molar-refractivity contribution in [2.45, 2.75) is 123 Å². The van der Waals surface area contributed by atoms with Gasteiger partial charge in [-0.1, -0.05) is 103 Å². The molecule has 0 aliphatic rings. The van der Waals surface area contributed by atoms with Gasteiger partial charge >= 0.3 is 0 Å². The highest BCUT2D eigenvalue weighted by molar-refractivity contribution is 4.64. The molecule has 3 heteroatoms. The van der Waals surface area contributed by atoms with E-state index in [-0.39, 0.29) is 0 Å². The molecule has 0 N–H and O–H groups in total. The maximum absolute atomic E-state index is 4.21. The molecule has 0 spiro atoms. The van der Waals surface area contributed by atoms with Gasteiger partial charge in [0.25, 0.3) is 0 Å². The lowest BCUT2D eigenvalue weighted by molar-refractivity contribution is 0.431. The molecule has 1 atom stereocenters. The molecule has 1 heterocycles.